The fourth-order valence-electron chi connectivity index (χ4n) is 2.82. The molecule has 3 heterocycles. The Bertz CT molecular complexity index is 836. The first-order valence-corrected chi connectivity index (χ1v) is 9.89. The van der Waals surface area contributed by atoms with Crippen molar-refractivity contribution in [3.63, 3.8) is 0 Å². The molecule has 0 aliphatic carbocycles. The molecule has 0 bridgehead atoms. The summed E-state index contributed by atoms with van der Waals surface area (Å²) in [4.78, 5) is 23.2. The Labute approximate surface area is 163 Å². The molecule has 0 spiro atoms. The van der Waals surface area contributed by atoms with Crippen LogP contribution in [-0.2, 0) is 17.6 Å². The van der Waals surface area contributed by atoms with E-state index in [1.807, 2.05) is 36.5 Å². The first kappa shape index (κ1) is 19.2. The number of hydrogen-bond donors (Lipinski definition) is 2. The minimum atomic E-state index is -0.335. The summed E-state index contributed by atoms with van der Waals surface area (Å²) >= 11 is 1.66. The van der Waals surface area contributed by atoms with Crippen LogP contribution in [0.5, 0.6) is 0 Å². The van der Waals surface area contributed by atoms with Crippen LogP contribution in [0, 0.1) is 6.92 Å². The molecular weight excluding hydrogens is 356 g/mol. The third kappa shape index (κ3) is 5.98. The van der Waals surface area contributed by atoms with Gasteiger partial charge in [0.15, 0.2) is 0 Å². The minimum Gasteiger partial charge on any atom is -0.354 e. The normalized spacial score (nSPS) is 11.9. The van der Waals surface area contributed by atoms with Gasteiger partial charge in [-0.2, -0.15) is 0 Å². The number of thiophene rings is 1. The van der Waals surface area contributed by atoms with Crippen molar-refractivity contribution in [3.05, 3.63) is 82.1 Å². The molecule has 0 saturated carbocycles. The lowest BCUT2D eigenvalue weighted by Gasteiger charge is -2.17. The van der Waals surface area contributed by atoms with Crippen molar-refractivity contribution in [2.45, 2.75) is 25.8 Å². The summed E-state index contributed by atoms with van der Waals surface area (Å²) in [5, 5.41) is 6.47. The van der Waals surface area contributed by atoms with Crippen LogP contribution >= 0.6 is 11.3 Å². The van der Waals surface area contributed by atoms with Crippen LogP contribution in [0.15, 0.2) is 61.2 Å². The molecule has 5 nitrogen and oxygen atoms in total. The Kier molecular flexibility index (Phi) is 7.07. The number of carbonyl (C=O) groups is 1. The fourth-order valence-corrected chi connectivity index (χ4v) is 3.77. The maximum absolute atomic E-state index is 12.8. The van der Waals surface area contributed by atoms with Gasteiger partial charge in [0.25, 0.3) is 0 Å². The standard InChI is InChI=1S/C21H24N4OS/c1-16-4-5-19(27-16)20(24-13-9-18-3-2-10-23-15-18)21(26)25-14-8-17-6-11-22-12-7-17/h2-7,10-12,15,20,24H,8-9,13-14H2,1H3,(H,25,26). The van der Waals surface area contributed by atoms with Gasteiger partial charge >= 0.3 is 0 Å². The fraction of sp³-hybridized carbons (Fsp3) is 0.286. The Balaban J connectivity index is 1.56. The number of amides is 1. The molecule has 0 aliphatic heterocycles. The molecule has 3 aromatic rings. The molecule has 1 unspecified atom stereocenters. The average Bonchev–Trinajstić information content (AvgIpc) is 3.12. The van der Waals surface area contributed by atoms with Gasteiger partial charge in [0, 0.05) is 47.6 Å². The van der Waals surface area contributed by atoms with Gasteiger partial charge in [0.1, 0.15) is 6.04 Å². The SMILES string of the molecule is Cc1ccc(C(NCCc2cccnc2)C(=O)NCCc2ccncc2)s1. The number of nitrogens with zero attached hydrogens (tertiary/aromatic N) is 2. The first-order valence-electron chi connectivity index (χ1n) is 9.07. The highest BCUT2D eigenvalue weighted by atomic mass is 32.1. The minimum absolute atomic E-state index is 0.0112. The van der Waals surface area contributed by atoms with Gasteiger partial charge in [0.2, 0.25) is 5.91 Å². The van der Waals surface area contributed by atoms with Crippen LogP contribution in [0.3, 0.4) is 0 Å². The number of carbonyl (C=O) groups excluding carboxylic acids is 1. The van der Waals surface area contributed by atoms with E-state index in [4.69, 9.17) is 0 Å². The number of aromatic nitrogens is 2. The molecule has 2 N–H and O–H groups in total. The first-order chi connectivity index (χ1) is 13.2. The van der Waals surface area contributed by atoms with Gasteiger partial charge in [-0.1, -0.05) is 6.07 Å². The van der Waals surface area contributed by atoms with Gasteiger partial charge in [-0.15, -0.1) is 11.3 Å². The quantitative estimate of drug-likeness (QED) is 0.599. The molecule has 0 aliphatic rings. The molecule has 0 saturated heterocycles. The van der Waals surface area contributed by atoms with Crippen molar-refractivity contribution in [2.24, 2.45) is 0 Å². The van der Waals surface area contributed by atoms with E-state index in [1.165, 1.54) is 10.4 Å². The second kappa shape index (κ2) is 9.94. The van der Waals surface area contributed by atoms with Crippen LogP contribution in [0.1, 0.15) is 26.9 Å². The highest BCUT2D eigenvalue weighted by Gasteiger charge is 2.21. The van der Waals surface area contributed by atoms with E-state index in [1.54, 1.807) is 29.9 Å². The van der Waals surface area contributed by atoms with E-state index in [0.29, 0.717) is 13.1 Å². The van der Waals surface area contributed by atoms with Crippen molar-refractivity contribution >= 4 is 17.2 Å². The zero-order valence-electron chi connectivity index (χ0n) is 15.4. The highest BCUT2D eigenvalue weighted by Crippen LogP contribution is 2.23. The summed E-state index contributed by atoms with van der Waals surface area (Å²) in [6, 6.07) is 11.7. The zero-order chi connectivity index (χ0) is 18.9. The molecular formula is C21H24N4OS. The number of hydrogen-bond acceptors (Lipinski definition) is 5. The molecule has 1 atom stereocenters. The highest BCUT2D eigenvalue weighted by molar-refractivity contribution is 7.12. The smallest absolute Gasteiger partial charge is 0.242 e. The van der Waals surface area contributed by atoms with Gasteiger partial charge in [-0.05, 0) is 61.2 Å². The van der Waals surface area contributed by atoms with E-state index < -0.39 is 0 Å². The number of rotatable bonds is 9. The molecule has 0 radical (unpaired) electrons. The molecule has 0 fully saturated rings. The van der Waals surface area contributed by atoms with Crippen LogP contribution in [0.2, 0.25) is 0 Å². The third-order valence-electron chi connectivity index (χ3n) is 4.26. The van der Waals surface area contributed by atoms with Crippen LogP contribution in [0.4, 0.5) is 0 Å². The second-order valence-corrected chi connectivity index (χ2v) is 7.66. The van der Waals surface area contributed by atoms with Gasteiger partial charge in [-0.3, -0.25) is 14.8 Å². The maximum atomic E-state index is 12.8. The summed E-state index contributed by atoms with van der Waals surface area (Å²) in [7, 11) is 0. The molecule has 6 heteroatoms. The molecule has 27 heavy (non-hydrogen) atoms. The monoisotopic (exact) mass is 380 g/mol. The second-order valence-electron chi connectivity index (χ2n) is 6.34. The third-order valence-corrected chi connectivity index (χ3v) is 5.32. The Hall–Kier alpha value is -2.57. The van der Waals surface area contributed by atoms with Crippen molar-refractivity contribution < 1.29 is 4.79 Å². The van der Waals surface area contributed by atoms with Gasteiger partial charge in [0.05, 0.1) is 0 Å². The Morgan fingerprint density at radius 3 is 2.52 bits per heavy atom. The predicted molar refractivity (Wildman–Crippen MR) is 109 cm³/mol. The molecule has 0 aromatic carbocycles. The van der Waals surface area contributed by atoms with E-state index in [2.05, 4.69) is 33.6 Å². The van der Waals surface area contributed by atoms with Gasteiger partial charge < -0.3 is 10.6 Å². The largest absolute Gasteiger partial charge is 0.354 e. The summed E-state index contributed by atoms with van der Waals surface area (Å²) in [5.41, 5.74) is 2.32. The van der Waals surface area contributed by atoms with E-state index in [0.717, 1.165) is 23.3 Å². The lowest BCUT2D eigenvalue weighted by Crippen LogP contribution is -2.38. The predicted octanol–water partition coefficient (Wildman–Crippen LogP) is 3.08. The molecule has 3 rings (SSSR count). The van der Waals surface area contributed by atoms with Crippen molar-refractivity contribution in [2.75, 3.05) is 13.1 Å². The van der Waals surface area contributed by atoms with Crippen molar-refractivity contribution in [1.29, 1.82) is 0 Å². The molecule has 3 aromatic heterocycles. The van der Waals surface area contributed by atoms with Crippen molar-refractivity contribution in [3.8, 4) is 0 Å². The summed E-state index contributed by atoms with van der Waals surface area (Å²) < 4.78 is 0. The van der Waals surface area contributed by atoms with Crippen LogP contribution in [-0.4, -0.2) is 29.0 Å². The van der Waals surface area contributed by atoms with Crippen LogP contribution in [0.25, 0.3) is 0 Å². The summed E-state index contributed by atoms with van der Waals surface area (Å²) in [5.74, 6) is 0.0112. The lowest BCUT2D eigenvalue weighted by molar-refractivity contribution is -0.123. The molecule has 140 valence electrons. The Morgan fingerprint density at radius 2 is 1.81 bits per heavy atom. The molecule has 1 amide bonds. The lowest BCUT2D eigenvalue weighted by atomic mass is 10.1. The van der Waals surface area contributed by atoms with Gasteiger partial charge in [-0.25, -0.2) is 0 Å². The number of pyridine rings is 2. The van der Waals surface area contributed by atoms with Crippen molar-refractivity contribution in [1.82, 2.24) is 20.6 Å². The summed E-state index contributed by atoms with van der Waals surface area (Å²) in [6.45, 7) is 3.38. The zero-order valence-corrected chi connectivity index (χ0v) is 16.2. The average molecular weight is 381 g/mol. The topological polar surface area (TPSA) is 66.9 Å². The maximum Gasteiger partial charge on any atom is 0.242 e. The summed E-state index contributed by atoms with van der Waals surface area (Å²) in [6.07, 6.45) is 8.80. The number of nitrogens with one attached hydrogen (secondary N) is 2. The van der Waals surface area contributed by atoms with Crippen LogP contribution < -0.4 is 10.6 Å². The van der Waals surface area contributed by atoms with E-state index in [-0.39, 0.29) is 11.9 Å². The Morgan fingerprint density at radius 1 is 1.00 bits per heavy atom. The number of aryl methyl sites for hydroxylation is 1. The van der Waals surface area contributed by atoms with E-state index in [9.17, 15) is 4.79 Å². The van der Waals surface area contributed by atoms with E-state index >= 15 is 0 Å².